The topological polar surface area (TPSA) is 78.9 Å². The number of rotatable bonds is 4. The van der Waals surface area contributed by atoms with Crippen LogP contribution in [0.4, 0.5) is 9.18 Å². The number of halogens is 1. The van der Waals surface area contributed by atoms with Crippen molar-refractivity contribution in [2.75, 3.05) is 26.7 Å². The summed E-state index contributed by atoms with van der Waals surface area (Å²) in [5.74, 6) is -0.654. The molecule has 1 fully saturated rings. The normalized spacial score (nSPS) is 15.8. The molecule has 2 aromatic carbocycles. The van der Waals surface area contributed by atoms with Gasteiger partial charge in [0.25, 0.3) is 5.91 Å². The number of nitrogens with one attached hydrogen (secondary N) is 1. The largest absolute Gasteiger partial charge is 0.439 e. The minimum atomic E-state index is -1.03. The average molecular weight is 386 g/mol. The number of aliphatic hydroxyl groups is 1. The van der Waals surface area contributed by atoms with Crippen LogP contribution in [0.15, 0.2) is 48.5 Å². The van der Waals surface area contributed by atoms with E-state index in [0.717, 1.165) is 16.7 Å². The second-order valence-electron chi connectivity index (χ2n) is 6.83. The van der Waals surface area contributed by atoms with Gasteiger partial charge in [0.05, 0.1) is 5.60 Å². The quantitative estimate of drug-likeness (QED) is 0.847. The van der Waals surface area contributed by atoms with E-state index < -0.39 is 11.7 Å². The van der Waals surface area contributed by atoms with Crippen LogP contribution >= 0.6 is 0 Å². The second kappa shape index (κ2) is 8.39. The van der Waals surface area contributed by atoms with Gasteiger partial charge in [-0.3, -0.25) is 4.79 Å². The summed E-state index contributed by atoms with van der Waals surface area (Å²) in [7, 11) is 1.47. The second-order valence-corrected chi connectivity index (χ2v) is 6.83. The average Bonchev–Trinajstić information content (AvgIpc) is 2.73. The molecule has 1 aliphatic heterocycles. The summed E-state index contributed by atoms with van der Waals surface area (Å²) < 4.78 is 18.0. The van der Waals surface area contributed by atoms with Gasteiger partial charge in [0.2, 0.25) is 0 Å². The zero-order chi connectivity index (χ0) is 20.1. The number of carbonyl (C=O) groups is 2. The molecule has 2 amide bonds. The van der Waals surface area contributed by atoms with Crippen molar-refractivity contribution in [3.05, 3.63) is 59.9 Å². The molecule has 1 heterocycles. The van der Waals surface area contributed by atoms with E-state index in [1.807, 2.05) is 24.3 Å². The van der Waals surface area contributed by atoms with Crippen molar-refractivity contribution in [3.63, 3.8) is 0 Å². The van der Waals surface area contributed by atoms with Crippen LogP contribution in [0.3, 0.4) is 0 Å². The fourth-order valence-corrected chi connectivity index (χ4v) is 3.25. The monoisotopic (exact) mass is 386 g/mol. The van der Waals surface area contributed by atoms with Gasteiger partial charge >= 0.3 is 6.09 Å². The van der Waals surface area contributed by atoms with E-state index in [4.69, 9.17) is 4.74 Å². The van der Waals surface area contributed by atoms with Gasteiger partial charge in [-0.2, -0.15) is 0 Å². The molecule has 0 atom stereocenters. The zero-order valence-corrected chi connectivity index (χ0v) is 15.7. The molecule has 28 heavy (non-hydrogen) atoms. The third-order valence-electron chi connectivity index (χ3n) is 5.05. The number of hydrogen-bond acceptors (Lipinski definition) is 4. The number of likely N-dealkylation sites (tertiary alicyclic amines) is 1. The lowest BCUT2D eigenvalue weighted by Gasteiger charge is -2.38. The summed E-state index contributed by atoms with van der Waals surface area (Å²) in [5, 5.41) is 13.4. The van der Waals surface area contributed by atoms with Crippen LogP contribution in [0, 0.1) is 5.82 Å². The first-order valence-corrected chi connectivity index (χ1v) is 9.12. The molecule has 2 N–H and O–H groups in total. The molecule has 0 saturated carbocycles. The number of likely N-dealkylation sites (N-methyl/N-ethyl adjacent to an activating group) is 1. The third kappa shape index (κ3) is 4.48. The van der Waals surface area contributed by atoms with Gasteiger partial charge in [0.15, 0.2) is 6.61 Å². The Kier molecular flexibility index (Phi) is 5.94. The Labute approximate surface area is 162 Å². The highest BCUT2D eigenvalue weighted by Crippen LogP contribution is 2.34. The summed E-state index contributed by atoms with van der Waals surface area (Å²) in [4.78, 5) is 24.7. The predicted molar refractivity (Wildman–Crippen MR) is 102 cm³/mol. The van der Waals surface area contributed by atoms with Gasteiger partial charge in [0, 0.05) is 20.1 Å². The molecule has 0 bridgehead atoms. The predicted octanol–water partition coefficient (Wildman–Crippen LogP) is 2.66. The molecule has 1 aliphatic rings. The first kappa shape index (κ1) is 19.8. The van der Waals surface area contributed by atoms with Crippen molar-refractivity contribution in [2.24, 2.45) is 0 Å². The summed E-state index contributed by atoms with van der Waals surface area (Å²) >= 11 is 0. The molecular formula is C21H23FN2O4. The van der Waals surface area contributed by atoms with Crippen LogP contribution < -0.4 is 5.32 Å². The van der Waals surface area contributed by atoms with Crippen molar-refractivity contribution in [2.45, 2.75) is 18.4 Å². The molecule has 6 nitrogen and oxygen atoms in total. The van der Waals surface area contributed by atoms with Crippen LogP contribution in [0.2, 0.25) is 0 Å². The molecule has 148 valence electrons. The lowest BCUT2D eigenvalue weighted by Crippen LogP contribution is -2.45. The van der Waals surface area contributed by atoms with Crippen molar-refractivity contribution in [1.29, 1.82) is 0 Å². The SMILES string of the molecule is CNC(=O)COC(=O)N1CCC(O)(c2ccc(-c3ccc(F)cc3)cc2)CC1. The number of piperidine rings is 1. The van der Waals surface area contributed by atoms with E-state index in [2.05, 4.69) is 5.32 Å². The number of benzene rings is 2. The van der Waals surface area contributed by atoms with E-state index in [1.165, 1.54) is 24.1 Å². The Bertz CT molecular complexity index is 828. The van der Waals surface area contributed by atoms with E-state index in [9.17, 15) is 19.1 Å². The maximum Gasteiger partial charge on any atom is 0.410 e. The molecular weight excluding hydrogens is 363 g/mol. The first-order chi connectivity index (χ1) is 13.4. The molecule has 2 aromatic rings. The smallest absolute Gasteiger partial charge is 0.410 e. The van der Waals surface area contributed by atoms with Crippen molar-refractivity contribution < 1.29 is 23.8 Å². The molecule has 0 radical (unpaired) electrons. The highest BCUT2D eigenvalue weighted by molar-refractivity contribution is 5.79. The van der Waals surface area contributed by atoms with Gasteiger partial charge in [0.1, 0.15) is 5.82 Å². The fourth-order valence-electron chi connectivity index (χ4n) is 3.25. The first-order valence-electron chi connectivity index (χ1n) is 9.12. The lowest BCUT2D eigenvalue weighted by atomic mass is 9.84. The molecule has 0 unspecified atom stereocenters. The third-order valence-corrected chi connectivity index (χ3v) is 5.05. The van der Waals surface area contributed by atoms with Crippen LogP contribution in [0.25, 0.3) is 11.1 Å². The fraction of sp³-hybridized carbons (Fsp3) is 0.333. The van der Waals surface area contributed by atoms with Crippen molar-refractivity contribution in [3.8, 4) is 11.1 Å². The number of carbonyl (C=O) groups excluding carboxylic acids is 2. The van der Waals surface area contributed by atoms with Crippen LogP contribution in [-0.4, -0.2) is 48.8 Å². The molecule has 0 spiro atoms. The summed E-state index contributed by atoms with van der Waals surface area (Å²) in [5.41, 5.74) is 1.58. The molecule has 3 rings (SSSR count). The van der Waals surface area contributed by atoms with Gasteiger partial charge in [-0.05, 0) is 41.7 Å². The standard InChI is InChI=1S/C21H23FN2O4/c1-23-19(25)14-28-20(26)24-12-10-21(27,11-13-24)17-6-2-15(3-7-17)16-4-8-18(22)9-5-16/h2-9,27H,10-14H2,1H3,(H,23,25). The minimum absolute atomic E-state index is 0.282. The van der Waals surface area contributed by atoms with Gasteiger partial charge in [-0.15, -0.1) is 0 Å². The van der Waals surface area contributed by atoms with E-state index in [0.29, 0.717) is 25.9 Å². The minimum Gasteiger partial charge on any atom is -0.439 e. The Morgan fingerprint density at radius 2 is 1.61 bits per heavy atom. The maximum atomic E-state index is 13.1. The van der Waals surface area contributed by atoms with E-state index >= 15 is 0 Å². The molecule has 7 heteroatoms. The molecule has 0 aromatic heterocycles. The van der Waals surface area contributed by atoms with Gasteiger partial charge in [-0.25, -0.2) is 9.18 Å². The summed E-state index contributed by atoms with van der Waals surface area (Å²) in [6.45, 7) is 0.354. The highest BCUT2D eigenvalue weighted by atomic mass is 19.1. The van der Waals surface area contributed by atoms with Crippen molar-refractivity contribution in [1.82, 2.24) is 10.2 Å². The van der Waals surface area contributed by atoms with Crippen LogP contribution in [0.1, 0.15) is 18.4 Å². The van der Waals surface area contributed by atoms with Crippen LogP contribution in [0.5, 0.6) is 0 Å². The number of amides is 2. The summed E-state index contributed by atoms with van der Waals surface area (Å²) in [6.07, 6.45) is 0.188. The van der Waals surface area contributed by atoms with Gasteiger partial charge < -0.3 is 20.1 Å². The van der Waals surface area contributed by atoms with Gasteiger partial charge in [-0.1, -0.05) is 36.4 Å². The van der Waals surface area contributed by atoms with Crippen molar-refractivity contribution >= 4 is 12.0 Å². The number of ether oxygens (including phenoxy) is 1. The van der Waals surface area contributed by atoms with E-state index in [1.54, 1.807) is 12.1 Å². The zero-order valence-electron chi connectivity index (χ0n) is 15.7. The number of nitrogens with zero attached hydrogens (tertiary/aromatic N) is 1. The number of hydrogen-bond donors (Lipinski definition) is 2. The van der Waals surface area contributed by atoms with E-state index in [-0.39, 0.29) is 18.3 Å². The van der Waals surface area contributed by atoms with Crippen LogP contribution in [-0.2, 0) is 15.1 Å². The summed E-state index contributed by atoms with van der Waals surface area (Å²) in [6, 6.07) is 13.8. The molecule has 0 aliphatic carbocycles. The lowest BCUT2D eigenvalue weighted by molar-refractivity contribution is -0.124. The Morgan fingerprint density at radius 1 is 1.07 bits per heavy atom. The Balaban J connectivity index is 1.61. The highest BCUT2D eigenvalue weighted by Gasteiger charge is 2.36. The maximum absolute atomic E-state index is 13.1. The Hall–Kier alpha value is -2.93. The molecule has 1 saturated heterocycles. The Morgan fingerprint density at radius 3 is 2.14 bits per heavy atom.